The molecule has 0 heterocycles. The second-order valence-electron chi connectivity index (χ2n) is 7.02. The van der Waals surface area contributed by atoms with Gasteiger partial charge in [-0.25, -0.2) is 4.79 Å². The molecule has 9 heteroatoms. The lowest BCUT2D eigenvalue weighted by Crippen LogP contribution is -2.22. The van der Waals surface area contributed by atoms with E-state index in [1.165, 1.54) is 19.2 Å². The lowest BCUT2D eigenvalue weighted by molar-refractivity contribution is -0.147. The maximum atomic E-state index is 12.0. The molecule has 0 spiro atoms. The highest BCUT2D eigenvalue weighted by atomic mass is 16.5. The number of rotatable bonds is 12. The number of esters is 2. The zero-order chi connectivity index (χ0) is 24.1. The lowest BCUT2D eigenvalue weighted by atomic mass is 10.2. The predicted molar refractivity (Wildman–Crippen MR) is 122 cm³/mol. The maximum absolute atomic E-state index is 12.0. The number of nitrogens with one attached hydrogen (secondary N) is 2. The van der Waals surface area contributed by atoms with E-state index in [9.17, 15) is 19.2 Å². The van der Waals surface area contributed by atoms with Crippen molar-refractivity contribution >= 4 is 35.1 Å². The smallest absolute Gasteiger partial charge is 0.338 e. The minimum atomic E-state index is -0.675. The van der Waals surface area contributed by atoms with Crippen molar-refractivity contribution in [3.8, 4) is 5.75 Å². The molecule has 0 aliphatic heterocycles. The molecule has 0 atom stereocenters. The molecule has 0 saturated heterocycles. The maximum Gasteiger partial charge on any atom is 0.338 e. The zero-order valence-corrected chi connectivity index (χ0v) is 18.7. The molecule has 176 valence electrons. The molecule has 2 aromatic rings. The molecule has 33 heavy (non-hydrogen) atoms. The third kappa shape index (κ3) is 9.02. The summed E-state index contributed by atoms with van der Waals surface area (Å²) in [5, 5.41) is 5.22. The van der Waals surface area contributed by atoms with Gasteiger partial charge in [-0.1, -0.05) is 25.5 Å². The summed E-state index contributed by atoms with van der Waals surface area (Å²) < 4.78 is 15.2. The van der Waals surface area contributed by atoms with Crippen molar-refractivity contribution in [3.05, 3.63) is 54.1 Å². The molecule has 0 bridgehead atoms. The molecule has 0 radical (unpaired) electrons. The first kappa shape index (κ1) is 25.4. The number of ether oxygens (including phenoxy) is 3. The monoisotopic (exact) mass is 456 g/mol. The summed E-state index contributed by atoms with van der Waals surface area (Å²) in [6, 6.07) is 13.1. The van der Waals surface area contributed by atoms with Crippen LogP contribution in [0.25, 0.3) is 0 Å². The van der Waals surface area contributed by atoms with Crippen molar-refractivity contribution in [1.29, 1.82) is 0 Å². The van der Waals surface area contributed by atoms with E-state index in [1.807, 2.05) is 6.92 Å². The van der Waals surface area contributed by atoms with Gasteiger partial charge in [-0.2, -0.15) is 0 Å². The number of para-hydroxylation sites is 2. The normalized spacial score (nSPS) is 10.1. The first-order chi connectivity index (χ1) is 15.9. The van der Waals surface area contributed by atoms with Gasteiger partial charge in [0.15, 0.2) is 6.61 Å². The minimum absolute atomic E-state index is 0.103. The average molecular weight is 456 g/mol. The van der Waals surface area contributed by atoms with Gasteiger partial charge in [0.2, 0.25) is 5.91 Å². The third-order valence-corrected chi connectivity index (χ3v) is 4.44. The van der Waals surface area contributed by atoms with Crippen molar-refractivity contribution in [3.63, 3.8) is 0 Å². The van der Waals surface area contributed by atoms with Gasteiger partial charge in [-0.3, -0.25) is 14.4 Å². The molecule has 2 aromatic carbocycles. The van der Waals surface area contributed by atoms with Crippen LogP contribution in [0.3, 0.4) is 0 Å². The van der Waals surface area contributed by atoms with E-state index in [4.69, 9.17) is 14.2 Å². The minimum Gasteiger partial charge on any atom is -0.495 e. The molecule has 2 N–H and O–H groups in total. The Hall–Kier alpha value is -3.88. The first-order valence-electron chi connectivity index (χ1n) is 10.6. The van der Waals surface area contributed by atoms with Gasteiger partial charge in [0.1, 0.15) is 5.75 Å². The van der Waals surface area contributed by atoms with Gasteiger partial charge < -0.3 is 24.8 Å². The molecule has 9 nitrogen and oxygen atoms in total. The number of methoxy groups -OCH3 is 1. The standard InChI is InChI=1S/C24H28N2O7/c1-3-4-15-32-24(30)17-9-11-18(12-10-17)25-22(28)16-33-23(29)14-13-21(27)26-19-7-5-6-8-20(19)31-2/h5-12H,3-4,13-16H2,1-2H3,(H,25,28)(H,26,27). The van der Waals surface area contributed by atoms with Crippen LogP contribution in [-0.2, 0) is 23.9 Å². The van der Waals surface area contributed by atoms with Crippen LogP contribution in [0, 0.1) is 0 Å². The van der Waals surface area contributed by atoms with E-state index in [0.717, 1.165) is 12.8 Å². The largest absolute Gasteiger partial charge is 0.495 e. The Bertz CT molecular complexity index is 958. The van der Waals surface area contributed by atoms with Crippen LogP contribution in [0.4, 0.5) is 11.4 Å². The molecule has 2 rings (SSSR count). The van der Waals surface area contributed by atoms with Gasteiger partial charge in [0, 0.05) is 12.1 Å². The Morgan fingerprint density at radius 1 is 0.848 bits per heavy atom. The van der Waals surface area contributed by atoms with Crippen molar-refractivity contribution in [2.75, 3.05) is 31.0 Å². The fraction of sp³-hybridized carbons (Fsp3) is 0.333. The van der Waals surface area contributed by atoms with Crippen LogP contribution >= 0.6 is 0 Å². The number of carbonyl (C=O) groups excluding carboxylic acids is 4. The highest BCUT2D eigenvalue weighted by molar-refractivity contribution is 5.95. The average Bonchev–Trinajstić information content (AvgIpc) is 2.82. The summed E-state index contributed by atoms with van der Waals surface area (Å²) in [5.74, 6) is -1.52. The fourth-order valence-corrected chi connectivity index (χ4v) is 2.67. The molecule has 0 unspecified atom stereocenters. The van der Waals surface area contributed by atoms with Crippen molar-refractivity contribution in [2.45, 2.75) is 32.6 Å². The first-order valence-corrected chi connectivity index (χ1v) is 10.6. The van der Waals surface area contributed by atoms with E-state index in [1.54, 1.807) is 36.4 Å². The summed E-state index contributed by atoms with van der Waals surface area (Å²) in [4.78, 5) is 47.7. The van der Waals surface area contributed by atoms with Crippen LogP contribution in [-0.4, -0.2) is 44.1 Å². The van der Waals surface area contributed by atoms with E-state index < -0.39 is 24.5 Å². The van der Waals surface area contributed by atoms with Crippen LogP contribution in [0.15, 0.2) is 48.5 Å². The Morgan fingerprint density at radius 3 is 2.27 bits per heavy atom. The predicted octanol–water partition coefficient (Wildman–Crippen LogP) is 3.55. The zero-order valence-electron chi connectivity index (χ0n) is 18.7. The van der Waals surface area contributed by atoms with Gasteiger partial charge in [-0.05, 0) is 42.8 Å². The molecular weight excluding hydrogens is 428 g/mol. The number of hydrogen-bond acceptors (Lipinski definition) is 7. The summed E-state index contributed by atoms with van der Waals surface area (Å²) in [5.41, 5.74) is 1.32. The van der Waals surface area contributed by atoms with Crippen LogP contribution in [0.2, 0.25) is 0 Å². The SMILES string of the molecule is CCCCOC(=O)c1ccc(NC(=O)COC(=O)CCC(=O)Nc2ccccc2OC)cc1. The summed E-state index contributed by atoms with van der Waals surface area (Å²) in [6.45, 7) is 1.87. The fourth-order valence-electron chi connectivity index (χ4n) is 2.67. The van der Waals surface area contributed by atoms with Gasteiger partial charge in [0.25, 0.3) is 5.91 Å². The van der Waals surface area contributed by atoms with E-state index in [0.29, 0.717) is 29.3 Å². The molecule has 0 aromatic heterocycles. The van der Waals surface area contributed by atoms with Crippen molar-refractivity contribution in [2.24, 2.45) is 0 Å². The molecular formula is C24H28N2O7. The Labute approximate surface area is 192 Å². The Morgan fingerprint density at radius 2 is 1.58 bits per heavy atom. The number of hydrogen-bond donors (Lipinski definition) is 2. The van der Waals surface area contributed by atoms with Crippen LogP contribution in [0.5, 0.6) is 5.75 Å². The summed E-state index contributed by atoms with van der Waals surface area (Å²) in [6.07, 6.45) is 1.45. The molecule has 0 saturated carbocycles. The van der Waals surface area contributed by atoms with Gasteiger partial charge in [0.05, 0.1) is 31.4 Å². The third-order valence-electron chi connectivity index (χ3n) is 4.44. The number of benzene rings is 2. The number of anilines is 2. The summed E-state index contributed by atoms with van der Waals surface area (Å²) >= 11 is 0. The van der Waals surface area contributed by atoms with Crippen molar-refractivity contribution in [1.82, 2.24) is 0 Å². The molecule has 0 aliphatic rings. The number of amides is 2. The molecule has 0 aliphatic carbocycles. The quantitative estimate of drug-likeness (QED) is 0.370. The van der Waals surface area contributed by atoms with E-state index in [2.05, 4.69) is 10.6 Å². The van der Waals surface area contributed by atoms with Crippen molar-refractivity contribution < 1.29 is 33.4 Å². The summed E-state index contributed by atoms with van der Waals surface area (Å²) in [7, 11) is 1.49. The number of unbranched alkanes of at least 4 members (excludes halogenated alkanes) is 1. The van der Waals surface area contributed by atoms with Crippen LogP contribution < -0.4 is 15.4 Å². The number of carbonyl (C=O) groups is 4. The Kier molecular flexibility index (Phi) is 10.4. The molecule has 2 amide bonds. The van der Waals surface area contributed by atoms with E-state index in [-0.39, 0.29) is 18.7 Å². The topological polar surface area (TPSA) is 120 Å². The second kappa shape index (κ2) is 13.5. The van der Waals surface area contributed by atoms with Gasteiger partial charge in [-0.15, -0.1) is 0 Å². The Balaban J connectivity index is 1.69. The highest BCUT2D eigenvalue weighted by Crippen LogP contribution is 2.23. The van der Waals surface area contributed by atoms with Gasteiger partial charge >= 0.3 is 11.9 Å². The molecule has 0 fully saturated rings. The van der Waals surface area contributed by atoms with E-state index >= 15 is 0 Å². The highest BCUT2D eigenvalue weighted by Gasteiger charge is 2.13. The second-order valence-corrected chi connectivity index (χ2v) is 7.02. The lowest BCUT2D eigenvalue weighted by Gasteiger charge is -2.10. The van der Waals surface area contributed by atoms with Crippen LogP contribution in [0.1, 0.15) is 43.0 Å².